The van der Waals surface area contributed by atoms with E-state index in [1.807, 2.05) is 12.1 Å². The zero-order chi connectivity index (χ0) is 13.8. The molecule has 0 aliphatic heterocycles. The molecular weight excluding hydrogens is 230 g/mol. The zero-order valence-corrected chi connectivity index (χ0v) is 10.9. The van der Waals surface area contributed by atoms with Crippen molar-refractivity contribution in [3.05, 3.63) is 35.4 Å². The molecule has 0 aliphatic carbocycles. The molecule has 0 saturated carbocycles. The van der Waals surface area contributed by atoms with Gasteiger partial charge in [0, 0.05) is 12.0 Å². The molecular formula is C14H21NO3. The molecule has 0 aromatic heterocycles. The Morgan fingerprint density at radius 3 is 2.39 bits per heavy atom. The predicted octanol–water partition coefficient (Wildman–Crippen LogP) is 1.08. The van der Waals surface area contributed by atoms with E-state index in [1.54, 1.807) is 19.1 Å². The number of carbonyl (C=O) groups is 1. The third-order valence-electron chi connectivity index (χ3n) is 3.05. The van der Waals surface area contributed by atoms with E-state index in [-0.39, 0.29) is 5.78 Å². The summed E-state index contributed by atoms with van der Waals surface area (Å²) in [5, 5.41) is 19.3. The van der Waals surface area contributed by atoms with Gasteiger partial charge in [0.25, 0.3) is 0 Å². The molecule has 0 radical (unpaired) electrons. The number of ketones is 1. The van der Waals surface area contributed by atoms with Gasteiger partial charge in [-0.3, -0.25) is 5.73 Å². The van der Waals surface area contributed by atoms with Crippen LogP contribution < -0.4 is 5.73 Å². The Bertz CT molecular complexity index is 396. The highest BCUT2D eigenvalue weighted by molar-refractivity contribution is 5.75. The second-order valence-electron chi connectivity index (χ2n) is 4.75. The molecule has 4 nitrogen and oxygen atoms in total. The molecule has 0 fully saturated rings. The Kier molecular flexibility index (Phi) is 5.02. The van der Waals surface area contributed by atoms with Crippen LogP contribution >= 0.6 is 0 Å². The average molecular weight is 251 g/mol. The van der Waals surface area contributed by atoms with Crippen LogP contribution in [0.2, 0.25) is 0 Å². The topological polar surface area (TPSA) is 83.6 Å². The first kappa shape index (κ1) is 14.8. The van der Waals surface area contributed by atoms with E-state index in [0.717, 1.165) is 18.4 Å². The first-order valence-electron chi connectivity index (χ1n) is 6.12. The van der Waals surface area contributed by atoms with Gasteiger partial charge < -0.3 is 15.0 Å². The summed E-state index contributed by atoms with van der Waals surface area (Å²) in [5.74, 6) is 0.192. The lowest BCUT2D eigenvalue weighted by atomic mass is 9.96. The molecule has 2 atom stereocenters. The van der Waals surface area contributed by atoms with E-state index < -0.39 is 11.8 Å². The molecule has 0 bridgehead atoms. The highest BCUT2D eigenvalue weighted by atomic mass is 16.4. The van der Waals surface area contributed by atoms with Crippen LogP contribution in [0.15, 0.2) is 24.3 Å². The number of nitrogens with two attached hydrogens (primary N) is 1. The van der Waals surface area contributed by atoms with Gasteiger partial charge in [-0.05, 0) is 32.3 Å². The summed E-state index contributed by atoms with van der Waals surface area (Å²) in [6, 6.07) is 7.12. The summed E-state index contributed by atoms with van der Waals surface area (Å²) < 4.78 is 0. The van der Waals surface area contributed by atoms with Crippen LogP contribution in [0, 0.1) is 0 Å². The minimum Gasteiger partial charge on any atom is -0.389 e. The number of hydrogen-bond donors (Lipinski definition) is 3. The fourth-order valence-electron chi connectivity index (χ4n) is 1.72. The maximum absolute atomic E-state index is 10.8. The van der Waals surface area contributed by atoms with Gasteiger partial charge in [-0.1, -0.05) is 24.3 Å². The molecule has 1 aromatic rings. The fourth-order valence-corrected chi connectivity index (χ4v) is 1.72. The lowest BCUT2D eigenvalue weighted by Gasteiger charge is -2.26. The monoisotopic (exact) mass is 251 g/mol. The molecule has 4 heteroatoms. The normalized spacial score (nSPS) is 16.1. The van der Waals surface area contributed by atoms with Crippen molar-refractivity contribution in [1.29, 1.82) is 0 Å². The van der Waals surface area contributed by atoms with E-state index in [4.69, 9.17) is 5.73 Å². The van der Waals surface area contributed by atoms with Crippen LogP contribution in [-0.4, -0.2) is 22.1 Å². The van der Waals surface area contributed by atoms with Gasteiger partial charge in [0.2, 0.25) is 0 Å². The Morgan fingerprint density at radius 2 is 1.94 bits per heavy atom. The number of Topliss-reactive ketones (excluding diaryl/α,β-unsaturated/α-hetero) is 1. The van der Waals surface area contributed by atoms with Crippen molar-refractivity contribution in [3.8, 4) is 0 Å². The van der Waals surface area contributed by atoms with Gasteiger partial charge in [0.05, 0.1) is 6.10 Å². The second-order valence-corrected chi connectivity index (χ2v) is 4.75. The first-order chi connectivity index (χ1) is 8.34. The van der Waals surface area contributed by atoms with E-state index in [1.165, 1.54) is 6.92 Å². The van der Waals surface area contributed by atoms with Gasteiger partial charge in [-0.25, -0.2) is 0 Å². The summed E-state index contributed by atoms with van der Waals surface area (Å²) in [6.07, 6.45) is 1.17. The van der Waals surface area contributed by atoms with Gasteiger partial charge in [0.15, 0.2) is 5.72 Å². The number of rotatable bonds is 6. The third-order valence-corrected chi connectivity index (χ3v) is 3.05. The molecule has 0 heterocycles. The largest absolute Gasteiger partial charge is 0.389 e. The van der Waals surface area contributed by atoms with Gasteiger partial charge in [-0.2, -0.15) is 0 Å². The smallest absolute Gasteiger partial charge is 0.165 e. The van der Waals surface area contributed by atoms with Crippen LogP contribution in [0.4, 0.5) is 0 Å². The molecule has 0 saturated heterocycles. The number of aliphatic hydroxyl groups excluding tert-OH is 1. The molecule has 0 amide bonds. The van der Waals surface area contributed by atoms with Crippen molar-refractivity contribution >= 4 is 5.78 Å². The Hall–Kier alpha value is -1.23. The molecule has 2 unspecified atom stereocenters. The molecule has 0 spiro atoms. The number of hydrogen-bond acceptors (Lipinski definition) is 4. The van der Waals surface area contributed by atoms with Crippen molar-refractivity contribution < 1.29 is 15.0 Å². The van der Waals surface area contributed by atoms with Crippen LogP contribution in [0.25, 0.3) is 0 Å². The quantitative estimate of drug-likeness (QED) is 0.661. The lowest BCUT2D eigenvalue weighted by Crippen LogP contribution is -2.46. The fraction of sp³-hybridized carbons (Fsp3) is 0.500. The molecule has 1 aromatic carbocycles. The summed E-state index contributed by atoms with van der Waals surface area (Å²) >= 11 is 0. The molecule has 18 heavy (non-hydrogen) atoms. The SMILES string of the molecule is CC(=O)CCCc1ccc(C(N)(O)C(C)O)cc1. The molecule has 0 aliphatic rings. The lowest BCUT2D eigenvalue weighted by molar-refractivity contribution is -0.117. The van der Waals surface area contributed by atoms with Gasteiger partial charge in [-0.15, -0.1) is 0 Å². The third kappa shape index (κ3) is 3.91. The Balaban J connectivity index is 2.65. The van der Waals surface area contributed by atoms with Crippen molar-refractivity contribution in [2.45, 2.75) is 44.9 Å². The highest BCUT2D eigenvalue weighted by Crippen LogP contribution is 2.20. The number of carbonyl (C=O) groups excluding carboxylic acids is 1. The summed E-state index contributed by atoms with van der Waals surface area (Å²) in [7, 11) is 0. The minimum absolute atomic E-state index is 0.192. The standard InChI is InChI=1S/C14H21NO3/c1-10(16)4-3-5-12-6-8-13(9-7-12)14(15,18)11(2)17/h6-9,11,17-18H,3-5,15H2,1-2H3. The second kappa shape index (κ2) is 6.09. The number of benzene rings is 1. The van der Waals surface area contributed by atoms with Gasteiger partial charge >= 0.3 is 0 Å². The van der Waals surface area contributed by atoms with Crippen LogP contribution in [0.1, 0.15) is 37.8 Å². The maximum Gasteiger partial charge on any atom is 0.165 e. The first-order valence-corrected chi connectivity index (χ1v) is 6.12. The molecule has 4 N–H and O–H groups in total. The van der Waals surface area contributed by atoms with Crippen LogP contribution in [-0.2, 0) is 16.9 Å². The number of aliphatic hydroxyl groups is 2. The Morgan fingerprint density at radius 1 is 1.39 bits per heavy atom. The van der Waals surface area contributed by atoms with Crippen molar-refractivity contribution in [2.24, 2.45) is 5.73 Å². The summed E-state index contributed by atoms with van der Waals surface area (Å²) in [6.45, 7) is 3.03. The van der Waals surface area contributed by atoms with Crippen molar-refractivity contribution in [3.63, 3.8) is 0 Å². The van der Waals surface area contributed by atoms with E-state index in [9.17, 15) is 15.0 Å². The average Bonchev–Trinajstić information content (AvgIpc) is 2.29. The molecule has 1 rings (SSSR count). The predicted molar refractivity (Wildman–Crippen MR) is 69.8 cm³/mol. The minimum atomic E-state index is -1.72. The van der Waals surface area contributed by atoms with Gasteiger partial charge in [0.1, 0.15) is 5.78 Å². The Labute approximate surface area is 107 Å². The maximum atomic E-state index is 10.8. The highest BCUT2D eigenvalue weighted by Gasteiger charge is 2.29. The van der Waals surface area contributed by atoms with Crippen LogP contribution in [0.5, 0.6) is 0 Å². The van der Waals surface area contributed by atoms with Crippen molar-refractivity contribution in [2.75, 3.05) is 0 Å². The van der Waals surface area contributed by atoms with E-state index in [0.29, 0.717) is 12.0 Å². The summed E-state index contributed by atoms with van der Waals surface area (Å²) in [5.41, 5.74) is 5.47. The summed E-state index contributed by atoms with van der Waals surface area (Å²) in [4.78, 5) is 10.8. The molecule has 100 valence electrons. The van der Waals surface area contributed by atoms with Crippen molar-refractivity contribution in [1.82, 2.24) is 0 Å². The number of aryl methyl sites for hydroxylation is 1. The van der Waals surface area contributed by atoms with E-state index >= 15 is 0 Å². The van der Waals surface area contributed by atoms with E-state index in [2.05, 4.69) is 0 Å². The van der Waals surface area contributed by atoms with Crippen LogP contribution in [0.3, 0.4) is 0 Å². The zero-order valence-electron chi connectivity index (χ0n) is 10.9.